The highest BCUT2D eigenvalue weighted by Crippen LogP contribution is 2.19. The Morgan fingerprint density at radius 2 is 1.85 bits per heavy atom. The lowest BCUT2D eigenvalue weighted by Crippen LogP contribution is -2.26. The van der Waals surface area contributed by atoms with Gasteiger partial charge in [-0.25, -0.2) is 4.98 Å². The summed E-state index contributed by atoms with van der Waals surface area (Å²) in [5.74, 6) is 2.42. The topological polar surface area (TPSA) is 65.4 Å². The van der Waals surface area contributed by atoms with Crippen LogP contribution in [0, 0.1) is 6.92 Å². The summed E-state index contributed by atoms with van der Waals surface area (Å²) < 4.78 is 13.4. The van der Waals surface area contributed by atoms with Crippen LogP contribution in [0.5, 0.6) is 11.5 Å². The third-order valence-corrected chi connectivity index (χ3v) is 5.58. The van der Waals surface area contributed by atoms with E-state index >= 15 is 0 Å². The summed E-state index contributed by atoms with van der Waals surface area (Å²) in [6.45, 7) is 3.98. The molecule has 0 bridgehead atoms. The standard InChI is InChI=1S/C27H29N3O3/c1-20-9-3-6-14-25(20)33-18-8-17-30-24-13-5-4-12-23(24)29-26(30)15-16-28-27(31)21-10-7-11-22(19-21)32-2/h3-7,9-14,19H,8,15-18H2,1-2H3,(H,28,31). The third-order valence-electron chi connectivity index (χ3n) is 5.58. The molecule has 0 spiro atoms. The molecule has 0 atom stereocenters. The van der Waals surface area contributed by atoms with Crippen LogP contribution in [0.4, 0.5) is 0 Å². The average Bonchev–Trinajstić information content (AvgIpc) is 3.20. The van der Waals surface area contributed by atoms with Gasteiger partial charge in [0.2, 0.25) is 0 Å². The van der Waals surface area contributed by atoms with Crippen LogP contribution >= 0.6 is 0 Å². The fourth-order valence-electron chi connectivity index (χ4n) is 3.84. The molecule has 0 aliphatic rings. The van der Waals surface area contributed by atoms with Gasteiger partial charge in [0.25, 0.3) is 5.91 Å². The van der Waals surface area contributed by atoms with Crippen molar-refractivity contribution in [2.75, 3.05) is 20.3 Å². The number of hydrogen-bond acceptors (Lipinski definition) is 4. The van der Waals surface area contributed by atoms with E-state index in [0.717, 1.165) is 41.1 Å². The molecule has 0 saturated carbocycles. The van der Waals surface area contributed by atoms with E-state index in [4.69, 9.17) is 14.5 Å². The number of fused-ring (bicyclic) bond motifs is 1. The number of para-hydroxylation sites is 3. The van der Waals surface area contributed by atoms with Gasteiger partial charge in [-0.1, -0.05) is 36.4 Å². The van der Waals surface area contributed by atoms with Crippen LogP contribution in [0.15, 0.2) is 72.8 Å². The van der Waals surface area contributed by atoms with E-state index in [9.17, 15) is 4.79 Å². The Labute approximate surface area is 194 Å². The van der Waals surface area contributed by atoms with Crippen LogP contribution in [0.2, 0.25) is 0 Å². The van der Waals surface area contributed by atoms with Gasteiger partial charge < -0.3 is 19.4 Å². The van der Waals surface area contributed by atoms with Crippen molar-refractivity contribution in [2.45, 2.75) is 26.3 Å². The first-order valence-corrected chi connectivity index (χ1v) is 11.2. The number of rotatable bonds is 10. The van der Waals surface area contributed by atoms with E-state index in [-0.39, 0.29) is 5.91 Å². The Balaban J connectivity index is 1.38. The quantitative estimate of drug-likeness (QED) is 0.358. The summed E-state index contributed by atoms with van der Waals surface area (Å²) in [7, 11) is 1.59. The first-order chi connectivity index (χ1) is 16.2. The molecule has 0 radical (unpaired) electrons. The largest absolute Gasteiger partial charge is 0.497 e. The maximum absolute atomic E-state index is 12.5. The molecule has 170 valence electrons. The zero-order valence-electron chi connectivity index (χ0n) is 19.1. The molecule has 4 rings (SSSR count). The lowest BCUT2D eigenvalue weighted by Gasteiger charge is -2.12. The lowest BCUT2D eigenvalue weighted by atomic mass is 10.2. The van der Waals surface area contributed by atoms with E-state index < -0.39 is 0 Å². The number of nitrogens with zero attached hydrogens (tertiary/aromatic N) is 2. The molecule has 1 N–H and O–H groups in total. The molecule has 1 amide bonds. The molecule has 0 saturated heterocycles. The highest BCUT2D eigenvalue weighted by molar-refractivity contribution is 5.94. The number of methoxy groups -OCH3 is 1. The predicted molar refractivity (Wildman–Crippen MR) is 130 cm³/mol. The van der Waals surface area contributed by atoms with Crippen molar-refractivity contribution in [2.24, 2.45) is 0 Å². The van der Waals surface area contributed by atoms with Crippen molar-refractivity contribution in [3.63, 3.8) is 0 Å². The van der Waals surface area contributed by atoms with Crippen LogP contribution in [0.25, 0.3) is 11.0 Å². The maximum atomic E-state index is 12.5. The van der Waals surface area contributed by atoms with Crippen LogP contribution in [-0.2, 0) is 13.0 Å². The second-order valence-corrected chi connectivity index (χ2v) is 7.87. The van der Waals surface area contributed by atoms with Crippen LogP contribution in [-0.4, -0.2) is 35.7 Å². The second kappa shape index (κ2) is 10.7. The Morgan fingerprint density at radius 3 is 2.70 bits per heavy atom. The molecule has 0 unspecified atom stereocenters. The highest BCUT2D eigenvalue weighted by Gasteiger charge is 2.12. The highest BCUT2D eigenvalue weighted by atomic mass is 16.5. The first kappa shape index (κ1) is 22.4. The SMILES string of the molecule is COc1cccc(C(=O)NCCc2nc3ccccc3n2CCCOc2ccccc2C)c1. The average molecular weight is 444 g/mol. The number of ether oxygens (including phenoxy) is 2. The molecule has 3 aromatic carbocycles. The Bertz CT molecular complexity index is 1230. The van der Waals surface area contributed by atoms with Crippen molar-refractivity contribution in [3.8, 4) is 11.5 Å². The van der Waals surface area contributed by atoms with Crippen molar-refractivity contribution in [1.82, 2.24) is 14.9 Å². The normalized spacial score (nSPS) is 10.8. The summed E-state index contributed by atoms with van der Waals surface area (Å²) in [4.78, 5) is 17.3. The van der Waals surface area contributed by atoms with E-state index in [1.54, 1.807) is 19.2 Å². The zero-order chi connectivity index (χ0) is 23.0. The minimum absolute atomic E-state index is 0.122. The molecule has 6 nitrogen and oxygen atoms in total. The smallest absolute Gasteiger partial charge is 0.251 e. The number of imidazole rings is 1. The summed E-state index contributed by atoms with van der Waals surface area (Å²) in [5.41, 5.74) is 3.78. The van der Waals surface area contributed by atoms with Gasteiger partial charge in [0.15, 0.2) is 0 Å². The first-order valence-electron chi connectivity index (χ1n) is 11.2. The number of aromatic nitrogens is 2. The molecule has 0 fully saturated rings. The second-order valence-electron chi connectivity index (χ2n) is 7.87. The van der Waals surface area contributed by atoms with E-state index in [1.807, 2.05) is 48.5 Å². The number of nitrogens with one attached hydrogen (secondary N) is 1. The van der Waals surface area contributed by atoms with Crippen molar-refractivity contribution >= 4 is 16.9 Å². The van der Waals surface area contributed by atoms with Crippen LogP contribution in [0.3, 0.4) is 0 Å². The molecule has 6 heteroatoms. The Morgan fingerprint density at radius 1 is 1.03 bits per heavy atom. The van der Waals surface area contributed by atoms with Gasteiger partial charge in [0, 0.05) is 25.1 Å². The van der Waals surface area contributed by atoms with Crippen LogP contribution in [0.1, 0.15) is 28.2 Å². The minimum atomic E-state index is -0.122. The van der Waals surface area contributed by atoms with Crippen LogP contribution < -0.4 is 14.8 Å². The van der Waals surface area contributed by atoms with Crippen molar-refractivity contribution in [3.05, 3.63) is 89.7 Å². The number of aryl methyl sites for hydroxylation is 2. The van der Waals surface area contributed by atoms with E-state index in [2.05, 4.69) is 28.9 Å². The number of benzene rings is 3. The molecule has 0 aliphatic carbocycles. The molecular weight excluding hydrogens is 414 g/mol. The number of carbonyl (C=O) groups excluding carboxylic acids is 1. The van der Waals surface area contributed by atoms with Gasteiger partial charge in [0.1, 0.15) is 17.3 Å². The van der Waals surface area contributed by atoms with Gasteiger partial charge in [-0.05, 0) is 55.3 Å². The predicted octanol–water partition coefficient (Wildman–Crippen LogP) is 4.79. The van der Waals surface area contributed by atoms with Gasteiger partial charge in [-0.2, -0.15) is 0 Å². The van der Waals surface area contributed by atoms with Gasteiger partial charge >= 0.3 is 0 Å². The van der Waals surface area contributed by atoms with Gasteiger partial charge in [0.05, 0.1) is 24.8 Å². The molecule has 4 aromatic rings. The molecule has 33 heavy (non-hydrogen) atoms. The number of hydrogen-bond donors (Lipinski definition) is 1. The van der Waals surface area contributed by atoms with Crippen molar-refractivity contribution in [1.29, 1.82) is 0 Å². The van der Waals surface area contributed by atoms with E-state index in [0.29, 0.717) is 30.9 Å². The summed E-state index contributed by atoms with van der Waals surface area (Å²) in [6.07, 6.45) is 1.50. The number of carbonyl (C=O) groups is 1. The maximum Gasteiger partial charge on any atom is 0.251 e. The van der Waals surface area contributed by atoms with Gasteiger partial charge in [-0.15, -0.1) is 0 Å². The minimum Gasteiger partial charge on any atom is -0.497 e. The van der Waals surface area contributed by atoms with E-state index in [1.165, 1.54) is 0 Å². The molecule has 1 heterocycles. The zero-order valence-corrected chi connectivity index (χ0v) is 19.1. The molecule has 1 aromatic heterocycles. The Kier molecular flexibility index (Phi) is 7.25. The summed E-state index contributed by atoms with van der Waals surface area (Å²) >= 11 is 0. The molecular formula is C27H29N3O3. The summed E-state index contributed by atoms with van der Waals surface area (Å²) in [5, 5.41) is 2.99. The fourth-order valence-corrected chi connectivity index (χ4v) is 3.84. The van der Waals surface area contributed by atoms with Crippen molar-refractivity contribution < 1.29 is 14.3 Å². The number of amides is 1. The Hall–Kier alpha value is -3.80. The fraction of sp³-hybridized carbons (Fsp3) is 0.259. The summed E-state index contributed by atoms with van der Waals surface area (Å²) in [6, 6.07) is 23.3. The third kappa shape index (κ3) is 5.52. The van der Waals surface area contributed by atoms with Gasteiger partial charge in [-0.3, -0.25) is 4.79 Å². The lowest BCUT2D eigenvalue weighted by molar-refractivity contribution is 0.0953. The monoisotopic (exact) mass is 443 g/mol. The molecule has 0 aliphatic heterocycles.